The van der Waals surface area contributed by atoms with E-state index in [1.165, 1.54) is 6.07 Å². The number of hydrogen-bond donors (Lipinski definition) is 1. The quantitative estimate of drug-likeness (QED) is 0.555. The van der Waals surface area contributed by atoms with E-state index in [9.17, 15) is 4.39 Å². The third-order valence-electron chi connectivity index (χ3n) is 2.79. The maximum absolute atomic E-state index is 13.8. The van der Waals surface area contributed by atoms with Crippen LogP contribution in [0.4, 0.5) is 10.1 Å². The van der Waals surface area contributed by atoms with Gasteiger partial charge in [-0.3, -0.25) is 0 Å². The first-order valence-electron chi connectivity index (χ1n) is 6.31. The molecule has 0 aliphatic heterocycles. The first-order chi connectivity index (χ1) is 10.0. The molecule has 1 N–H and O–H groups in total. The molecule has 2 aromatic rings. The molecule has 0 heterocycles. The van der Waals surface area contributed by atoms with Gasteiger partial charge < -0.3 is 10.1 Å². The molecule has 0 amide bonds. The summed E-state index contributed by atoms with van der Waals surface area (Å²) in [6.45, 7) is 2.95. The summed E-state index contributed by atoms with van der Waals surface area (Å²) >= 11 is 10.3. The van der Waals surface area contributed by atoms with Crippen molar-refractivity contribution in [3.05, 3.63) is 55.1 Å². The van der Waals surface area contributed by atoms with Gasteiger partial charge in [0.15, 0.2) is 0 Å². The zero-order valence-electron chi connectivity index (χ0n) is 11.2. The van der Waals surface area contributed by atoms with Crippen molar-refractivity contribution in [2.75, 3.05) is 11.9 Å². The van der Waals surface area contributed by atoms with Gasteiger partial charge in [0.1, 0.15) is 11.6 Å². The number of hydrogen-bond acceptors (Lipinski definition) is 2. The van der Waals surface area contributed by atoms with E-state index < -0.39 is 0 Å². The van der Waals surface area contributed by atoms with E-state index in [2.05, 4.69) is 53.1 Å². The first-order valence-corrected chi connectivity index (χ1v) is 8.69. The van der Waals surface area contributed by atoms with Gasteiger partial charge in [-0.15, -0.1) is 0 Å². The number of benzene rings is 2. The molecule has 0 spiro atoms. The SMILES string of the molecule is CCOc1c(Br)cc(Br)cc1CNc1c(F)cccc1Br. The van der Waals surface area contributed by atoms with Crippen molar-refractivity contribution in [1.29, 1.82) is 0 Å². The Hall–Kier alpha value is -0.590. The van der Waals surface area contributed by atoms with Crippen molar-refractivity contribution in [3.8, 4) is 5.75 Å². The van der Waals surface area contributed by atoms with Gasteiger partial charge in [0.25, 0.3) is 0 Å². The Balaban J connectivity index is 2.27. The lowest BCUT2D eigenvalue weighted by atomic mass is 10.2. The van der Waals surface area contributed by atoms with Crippen LogP contribution in [0.2, 0.25) is 0 Å². The molecule has 2 rings (SSSR count). The van der Waals surface area contributed by atoms with Crippen molar-refractivity contribution in [3.63, 3.8) is 0 Å². The van der Waals surface area contributed by atoms with Crippen LogP contribution in [0.5, 0.6) is 5.75 Å². The summed E-state index contributed by atoms with van der Waals surface area (Å²) in [5.41, 5.74) is 1.38. The molecule has 0 aromatic heterocycles. The molecular formula is C15H13Br3FNO. The van der Waals surface area contributed by atoms with Crippen LogP contribution in [0.3, 0.4) is 0 Å². The number of nitrogens with one attached hydrogen (secondary N) is 1. The third-order valence-corrected chi connectivity index (χ3v) is 4.50. The van der Waals surface area contributed by atoms with E-state index >= 15 is 0 Å². The van der Waals surface area contributed by atoms with Crippen LogP contribution >= 0.6 is 47.8 Å². The van der Waals surface area contributed by atoms with Crippen molar-refractivity contribution in [2.45, 2.75) is 13.5 Å². The summed E-state index contributed by atoms with van der Waals surface area (Å²) in [6.07, 6.45) is 0. The normalized spacial score (nSPS) is 10.5. The molecule has 0 atom stereocenters. The van der Waals surface area contributed by atoms with E-state index in [1.807, 2.05) is 19.1 Å². The van der Waals surface area contributed by atoms with E-state index in [1.54, 1.807) is 12.1 Å². The molecule has 0 bridgehead atoms. The summed E-state index contributed by atoms with van der Waals surface area (Å²) in [5.74, 6) is 0.469. The van der Waals surface area contributed by atoms with E-state index in [-0.39, 0.29) is 5.82 Å². The molecule has 2 aromatic carbocycles. The Morgan fingerprint density at radius 3 is 2.57 bits per heavy atom. The second kappa shape index (κ2) is 7.61. The van der Waals surface area contributed by atoms with Gasteiger partial charge >= 0.3 is 0 Å². The molecular weight excluding hydrogens is 469 g/mol. The molecule has 0 unspecified atom stereocenters. The lowest BCUT2D eigenvalue weighted by Gasteiger charge is -2.15. The molecule has 0 aliphatic rings. The minimum Gasteiger partial charge on any atom is -0.492 e. The minimum atomic E-state index is -0.295. The Labute approximate surface area is 148 Å². The maximum Gasteiger partial charge on any atom is 0.147 e. The van der Waals surface area contributed by atoms with Crippen molar-refractivity contribution >= 4 is 53.5 Å². The average Bonchev–Trinajstić information content (AvgIpc) is 2.42. The van der Waals surface area contributed by atoms with Gasteiger partial charge in [-0.25, -0.2) is 4.39 Å². The summed E-state index contributed by atoms with van der Waals surface area (Å²) in [6, 6.07) is 8.76. The minimum absolute atomic E-state index is 0.295. The maximum atomic E-state index is 13.8. The summed E-state index contributed by atoms with van der Waals surface area (Å²) in [4.78, 5) is 0. The van der Waals surface area contributed by atoms with Crippen LogP contribution in [-0.2, 0) is 6.54 Å². The standard InChI is InChI=1S/C15H13Br3FNO/c1-2-21-15-9(6-10(16)7-12(15)18)8-20-14-11(17)4-3-5-13(14)19/h3-7,20H,2,8H2,1H3. The molecule has 6 heteroatoms. The predicted molar refractivity (Wildman–Crippen MR) is 94.4 cm³/mol. The number of rotatable bonds is 5. The fourth-order valence-electron chi connectivity index (χ4n) is 1.90. The Bertz CT molecular complexity index is 629. The van der Waals surface area contributed by atoms with Gasteiger partial charge in [0, 0.05) is 21.1 Å². The number of anilines is 1. The van der Waals surface area contributed by atoms with Gasteiger partial charge in [-0.1, -0.05) is 22.0 Å². The lowest BCUT2D eigenvalue weighted by molar-refractivity contribution is 0.334. The molecule has 0 aliphatic carbocycles. The van der Waals surface area contributed by atoms with Gasteiger partial charge in [0.2, 0.25) is 0 Å². The summed E-state index contributed by atoms with van der Waals surface area (Å²) in [5, 5.41) is 3.11. The van der Waals surface area contributed by atoms with Gasteiger partial charge in [-0.2, -0.15) is 0 Å². The van der Waals surface area contributed by atoms with E-state index in [0.29, 0.717) is 23.3 Å². The van der Waals surface area contributed by atoms with Gasteiger partial charge in [-0.05, 0) is 63.0 Å². The highest BCUT2D eigenvalue weighted by Gasteiger charge is 2.12. The molecule has 0 saturated heterocycles. The summed E-state index contributed by atoms with van der Waals surface area (Å²) < 4.78 is 22.0. The van der Waals surface area contributed by atoms with Crippen LogP contribution in [0.1, 0.15) is 12.5 Å². The van der Waals surface area contributed by atoms with Crippen molar-refractivity contribution < 1.29 is 9.13 Å². The van der Waals surface area contributed by atoms with Crippen molar-refractivity contribution in [1.82, 2.24) is 0 Å². The van der Waals surface area contributed by atoms with Crippen molar-refractivity contribution in [2.24, 2.45) is 0 Å². The Morgan fingerprint density at radius 1 is 1.14 bits per heavy atom. The van der Waals surface area contributed by atoms with Crippen LogP contribution in [0, 0.1) is 5.82 Å². The molecule has 0 saturated carbocycles. The first kappa shape index (κ1) is 16.8. The molecule has 2 nitrogen and oxygen atoms in total. The third kappa shape index (κ3) is 4.20. The summed E-state index contributed by atoms with van der Waals surface area (Å²) in [7, 11) is 0. The second-order valence-electron chi connectivity index (χ2n) is 4.26. The second-order valence-corrected chi connectivity index (χ2v) is 6.88. The molecule has 0 radical (unpaired) electrons. The van der Waals surface area contributed by atoms with Crippen LogP contribution in [0.15, 0.2) is 43.7 Å². The Kier molecular flexibility index (Phi) is 6.08. The fraction of sp³-hybridized carbons (Fsp3) is 0.200. The largest absolute Gasteiger partial charge is 0.492 e. The fourth-order valence-corrected chi connectivity index (χ4v) is 3.81. The topological polar surface area (TPSA) is 21.3 Å². The zero-order chi connectivity index (χ0) is 15.4. The van der Waals surface area contributed by atoms with Crippen LogP contribution in [-0.4, -0.2) is 6.61 Å². The monoisotopic (exact) mass is 479 g/mol. The highest BCUT2D eigenvalue weighted by molar-refractivity contribution is 9.11. The zero-order valence-corrected chi connectivity index (χ0v) is 16.0. The molecule has 0 fully saturated rings. The van der Waals surface area contributed by atoms with Gasteiger partial charge in [0.05, 0.1) is 16.8 Å². The number of ether oxygens (including phenoxy) is 1. The van der Waals surface area contributed by atoms with Crippen LogP contribution in [0.25, 0.3) is 0 Å². The molecule has 112 valence electrons. The van der Waals surface area contributed by atoms with Crippen LogP contribution < -0.4 is 10.1 Å². The Morgan fingerprint density at radius 2 is 1.90 bits per heavy atom. The number of halogens is 4. The lowest BCUT2D eigenvalue weighted by Crippen LogP contribution is -2.05. The van der Waals surface area contributed by atoms with E-state index in [0.717, 1.165) is 20.3 Å². The highest BCUT2D eigenvalue weighted by Crippen LogP contribution is 2.34. The smallest absolute Gasteiger partial charge is 0.147 e. The molecule has 21 heavy (non-hydrogen) atoms. The highest BCUT2D eigenvalue weighted by atomic mass is 79.9. The van der Waals surface area contributed by atoms with E-state index in [4.69, 9.17) is 4.74 Å². The predicted octanol–water partition coefficient (Wildman–Crippen LogP) is 6.12. The average molecular weight is 482 g/mol. The number of para-hydroxylation sites is 1.